The van der Waals surface area contributed by atoms with Crippen LogP contribution in [0.1, 0.15) is 10.4 Å². The highest BCUT2D eigenvalue weighted by molar-refractivity contribution is 5.83. The lowest BCUT2D eigenvalue weighted by Crippen LogP contribution is -1.88. The summed E-state index contributed by atoms with van der Waals surface area (Å²) in [5, 5.41) is 17.2. The van der Waals surface area contributed by atoms with Gasteiger partial charge < -0.3 is 9.84 Å². The summed E-state index contributed by atoms with van der Waals surface area (Å²) in [7, 11) is 1.35. The zero-order valence-corrected chi connectivity index (χ0v) is 10.6. The third kappa shape index (κ3) is 2.80. The monoisotopic (exact) mass is 274 g/mol. The fourth-order valence-electron chi connectivity index (χ4n) is 1.56. The minimum absolute atomic E-state index is 0.0202. The Kier molecular flexibility index (Phi) is 4.05. The average molecular weight is 274 g/mol. The number of halogens is 1. The number of ether oxygens (including phenoxy) is 1. The van der Waals surface area contributed by atoms with E-state index in [9.17, 15) is 14.3 Å². The number of azo groups is 1. The molecule has 0 atom stereocenters. The second-order valence-electron chi connectivity index (χ2n) is 3.86. The molecule has 20 heavy (non-hydrogen) atoms. The summed E-state index contributed by atoms with van der Waals surface area (Å²) < 4.78 is 18.3. The molecule has 0 saturated heterocycles. The van der Waals surface area contributed by atoms with E-state index in [1.54, 1.807) is 12.1 Å². The Bertz CT molecular complexity index is 671. The van der Waals surface area contributed by atoms with Crippen LogP contribution in [-0.2, 0) is 0 Å². The lowest BCUT2D eigenvalue weighted by Gasteiger charge is -2.05. The lowest BCUT2D eigenvalue weighted by molar-refractivity contribution is 0.112. The molecule has 102 valence electrons. The number of nitrogens with zero attached hydrogens (tertiary/aromatic N) is 2. The van der Waals surface area contributed by atoms with Gasteiger partial charge in [-0.3, -0.25) is 4.79 Å². The van der Waals surface area contributed by atoms with Gasteiger partial charge in [0.05, 0.1) is 18.4 Å². The van der Waals surface area contributed by atoms with Crippen molar-refractivity contribution in [2.24, 2.45) is 10.2 Å². The Morgan fingerprint density at radius 2 is 2.00 bits per heavy atom. The molecule has 0 amide bonds. The molecule has 0 unspecified atom stereocenters. The molecule has 2 aromatic carbocycles. The summed E-state index contributed by atoms with van der Waals surface area (Å²) in [6.45, 7) is 0. The minimum Gasteiger partial charge on any atom is -0.504 e. The third-order valence-corrected chi connectivity index (χ3v) is 2.56. The van der Waals surface area contributed by atoms with Crippen molar-refractivity contribution in [1.29, 1.82) is 0 Å². The molecule has 0 radical (unpaired) electrons. The molecule has 1 N–H and O–H groups in total. The topological polar surface area (TPSA) is 71.2 Å². The molecule has 0 bridgehead atoms. The Hall–Kier alpha value is -2.76. The fourth-order valence-corrected chi connectivity index (χ4v) is 1.56. The Labute approximate surface area is 114 Å². The number of rotatable bonds is 4. The smallest absolute Gasteiger partial charge is 0.168 e. The molecule has 2 rings (SSSR count). The van der Waals surface area contributed by atoms with Gasteiger partial charge in [0.15, 0.2) is 23.6 Å². The van der Waals surface area contributed by atoms with Gasteiger partial charge in [-0.05, 0) is 18.2 Å². The van der Waals surface area contributed by atoms with Crippen molar-refractivity contribution in [2.45, 2.75) is 0 Å². The van der Waals surface area contributed by atoms with Crippen LogP contribution in [0.25, 0.3) is 0 Å². The lowest BCUT2D eigenvalue weighted by atomic mass is 10.2. The largest absolute Gasteiger partial charge is 0.504 e. The number of carbonyl (C=O) groups excluding carboxylic acids is 1. The first kappa shape index (κ1) is 13.7. The van der Waals surface area contributed by atoms with Crippen molar-refractivity contribution in [3.8, 4) is 11.5 Å². The molecule has 0 aliphatic carbocycles. The van der Waals surface area contributed by atoms with Crippen LogP contribution in [0.3, 0.4) is 0 Å². The number of methoxy groups -OCH3 is 1. The number of phenols is 1. The number of aromatic hydroxyl groups is 1. The Morgan fingerprint density at radius 1 is 1.25 bits per heavy atom. The molecule has 6 heteroatoms. The van der Waals surface area contributed by atoms with E-state index in [0.29, 0.717) is 6.29 Å². The van der Waals surface area contributed by atoms with E-state index < -0.39 is 5.82 Å². The van der Waals surface area contributed by atoms with E-state index in [4.69, 9.17) is 4.74 Å². The van der Waals surface area contributed by atoms with Crippen molar-refractivity contribution >= 4 is 17.7 Å². The molecular weight excluding hydrogens is 263 g/mol. The molecule has 0 heterocycles. The predicted octanol–water partition coefficient (Wildman–Crippen LogP) is 3.77. The number of phenolic OH excluding ortho intramolecular Hbond substituents is 1. The standard InChI is InChI=1S/C14H11FN2O3/c1-20-13-7-10(6-9(8-18)14(13)19)16-17-12-5-3-2-4-11(12)15/h2-8,19H,1H3. The quantitative estimate of drug-likeness (QED) is 0.681. The van der Waals surface area contributed by atoms with E-state index in [0.717, 1.165) is 0 Å². The first-order valence-electron chi connectivity index (χ1n) is 5.68. The molecular formula is C14H11FN2O3. The van der Waals surface area contributed by atoms with Crippen LogP contribution in [0, 0.1) is 5.82 Å². The van der Waals surface area contributed by atoms with Crippen molar-refractivity contribution in [3.63, 3.8) is 0 Å². The summed E-state index contributed by atoms with van der Waals surface area (Å²) >= 11 is 0. The summed E-state index contributed by atoms with van der Waals surface area (Å²) in [6, 6.07) is 8.63. The second kappa shape index (κ2) is 5.92. The first-order chi connectivity index (χ1) is 9.65. The van der Waals surface area contributed by atoms with Crippen molar-refractivity contribution in [3.05, 3.63) is 47.8 Å². The summed E-state index contributed by atoms with van der Waals surface area (Å²) in [5.74, 6) is -0.679. The average Bonchev–Trinajstić information content (AvgIpc) is 2.47. The van der Waals surface area contributed by atoms with E-state index in [-0.39, 0.29) is 28.4 Å². The minimum atomic E-state index is -0.502. The molecule has 0 fully saturated rings. The SMILES string of the molecule is COc1cc(N=Nc2ccccc2F)cc(C=O)c1O. The molecule has 0 aliphatic heterocycles. The molecule has 0 aliphatic rings. The highest BCUT2D eigenvalue weighted by Crippen LogP contribution is 2.34. The van der Waals surface area contributed by atoms with Gasteiger partial charge in [-0.2, -0.15) is 5.11 Å². The number of aldehydes is 1. The number of hydrogen-bond donors (Lipinski definition) is 1. The molecule has 0 aromatic heterocycles. The predicted molar refractivity (Wildman–Crippen MR) is 70.6 cm³/mol. The van der Waals surface area contributed by atoms with Gasteiger partial charge in [-0.15, -0.1) is 5.11 Å². The Morgan fingerprint density at radius 3 is 2.65 bits per heavy atom. The normalized spacial score (nSPS) is 10.7. The third-order valence-electron chi connectivity index (χ3n) is 2.56. The van der Waals surface area contributed by atoms with Crippen LogP contribution >= 0.6 is 0 Å². The van der Waals surface area contributed by atoms with Gasteiger partial charge in [-0.1, -0.05) is 12.1 Å². The summed E-state index contributed by atoms with van der Waals surface area (Å²) in [6.07, 6.45) is 0.472. The van der Waals surface area contributed by atoms with Gasteiger partial charge in [0.1, 0.15) is 5.69 Å². The van der Waals surface area contributed by atoms with Gasteiger partial charge >= 0.3 is 0 Å². The number of carbonyl (C=O) groups is 1. The van der Waals surface area contributed by atoms with E-state index >= 15 is 0 Å². The maximum absolute atomic E-state index is 13.4. The first-order valence-corrected chi connectivity index (χ1v) is 5.68. The maximum atomic E-state index is 13.4. The van der Waals surface area contributed by atoms with Gasteiger partial charge in [-0.25, -0.2) is 4.39 Å². The van der Waals surface area contributed by atoms with Crippen LogP contribution in [0.4, 0.5) is 15.8 Å². The van der Waals surface area contributed by atoms with Crippen molar-refractivity contribution < 1.29 is 19.0 Å². The summed E-state index contributed by atoms with van der Waals surface area (Å²) in [4.78, 5) is 10.8. The zero-order chi connectivity index (χ0) is 14.5. The number of benzene rings is 2. The number of hydrogen-bond acceptors (Lipinski definition) is 5. The van der Waals surface area contributed by atoms with E-state index in [1.165, 1.54) is 31.4 Å². The van der Waals surface area contributed by atoms with Crippen molar-refractivity contribution in [1.82, 2.24) is 0 Å². The second-order valence-corrected chi connectivity index (χ2v) is 3.86. The zero-order valence-electron chi connectivity index (χ0n) is 10.6. The van der Waals surface area contributed by atoms with Crippen LogP contribution in [0.2, 0.25) is 0 Å². The van der Waals surface area contributed by atoms with Crippen LogP contribution in [0.15, 0.2) is 46.6 Å². The van der Waals surface area contributed by atoms with Crippen LogP contribution in [-0.4, -0.2) is 18.5 Å². The van der Waals surface area contributed by atoms with E-state index in [1.807, 2.05) is 0 Å². The van der Waals surface area contributed by atoms with E-state index in [2.05, 4.69) is 10.2 Å². The van der Waals surface area contributed by atoms with Gasteiger partial charge in [0.2, 0.25) is 0 Å². The van der Waals surface area contributed by atoms with Gasteiger partial charge in [0, 0.05) is 6.07 Å². The Balaban J connectivity index is 2.39. The molecule has 2 aromatic rings. The fraction of sp³-hybridized carbons (Fsp3) is 0.0714. The van der Waals surface area contributed by atoms with Crippen LogP contribution < -0.4 is 4.74 Å². The highest BCUT2D eigenvalue weighted by atomic mass is 19.1. The van der Waals surface area contributed by atoms with Crippen LogP contribution in [0.5, 0.6) is 11.5 Å². The molecule has 0 spiro atoms. The highest BCUT2D eigenvalue weighted by Gasteiger charge is 2.10. The van der Waals surface area contributed by atoms with Gasteiger partial charge in [0.25, 0.3) is 0 Å². The van der Waals surface area contributed by atoms with Crippen molar-refractivity contribution in [2.75, 3.05) is 7.11 Å². The summed E-state index contributed by atoms with van der Waals surface area (Å²) in [5.41, 5.74) is 0.365. The maximum Gasteiger partial charge on any atom is 0.168 e. The molecule has 0 saturated carbocycles. The molecule has 5 nitrogen and oxygen atoms in total.